The lowest BCUT2D eigenvalue weighted by molar-refractivity contribution is -0.143. The molecular weight excluding hydrogens is 574 g/mol. The molecule has 0 spiro atoms. The maximum absolute atomic E-state index is 14.3. The molecule has 5 amide bonds. The van der Waals surface area contributed by atoms with Crippen molar-refractivity contribution < 1.29 is 28.7 Å². The second kappa shape index (κ2) is 15.1. The Morgan fingerprint density at radius 2 is 1.51 bits per heavy atom. The Labute approximate surface area is 270 Å². The molecule has 11 heteroatoms. The molecule has 11 nitrogen and oxygen atoms in total. The molecule has 0 aromatic carbocycles. The fourth-order valence-electron chi connectivity index (χ4n) is 5.67. The Morgan fingerprint density at radius 3 is 1.96 bits per heavy atom. The summed E-state index contributed by atoms with van der Waals surface area (Å²) in [6.45, 7) is 21.9. The molecule has 1 saturated carbocycles. The zero-order valence-electron chi connectivity index (χ0n) is 29.5. The standard InChI is InChI=1S/C34H59N5O6/c1-20(2)15-22-17-24(29(42)36-23(26(40)28(35)41)16-21-13-12-14-21)39(18-22)30(43)27(33(6,7)8)38-31(44)37-25(32(3,4)5)19-45-34(9,10)11/h15,21-25,27H,12-14,16-19H2,1-11H3,(H2,35,41)(H,36,42)(H2,37,38,44)/t22-,23?,24?,25+,27-/m1/s1. The number of likely N-dealkylation sites (tertiary alicyclic amines) is 1. The zero-order chi connectivity index (χ0) is 34.5. The lowest BCUT2D eigenvalue weighted by Gasteiger charge is -2.37. The molecule has 0 aromatic heterocycles. The van der Waals surface area contributed by atoms with Crippen LogP contribution in [0.25, 0.3) is 0 Å². The predicted octanol–water partition coefficient (Wildman–Crippen LogP) is 3.84. The average molecular weight is 634 g/mol. The summed E-state index contributed by atoms with van der Waals surface area (Å²) < 4.78 is 5.98. The first kappa shape index (κ1) is 38.2. The molecule has 1 aliphatic carbocycles. The topological polar surface area (TPSA) is 160 Å². The van der Waals surface area contributed by atoms with Gasteiger partial charge in [0.15, 0.2) is 0 Å². The number of amides is 5. The van der Waals surface area contributed by atoms with Gasteiger partial charge in [-0.05, 0) is 70.1 Å². The Hall–Kier alpha value is -2.95. The molecule has 0 radical (unpaired) electrons. The van der Waals surface area contributed by atoms with Crippen LogP contribution in [0.3, 0.4) is 0 Å². The van der Waals surface area contributed by atoms with Gasteiger partial charge in [0.2, 0.25) is 17.6 Å². The van der Waals surface area contributed by atoms with Crippen molar-refractivity contribution in [3.8, 4) is 0 Å². The van der Waals surface area contributed by atoms with Crippen LogP contribution in [-0.4, -0.2) is 77.4 Å². The van der Waals surface area contributed by atoms with Crippen molar-refractivity contribution in [2.24, 2.45) is 28.4 Å². The van der Waals surface area contributed by atoms with Crippen molar-refractivity contribution >= 4 is 29.5 Å². The second-order valence-corrected chi connectivity index (χ2v) is 16.3. The van der Waals surface area contributed by atoms with Crippen LogP contribution in [-0.2, 0) is 23.9 Å². The Balaban J connectivity index is 2.33. The number of ether oxygens (including phenoxy) is 1. The number of carbonyl (C=O) groups is 5. The summed E-state index contributed by atoms with van der Waals surface area (Å²) in [6.07, 6.45) is 5.61. The van der Waals surface area contributed by atoms with Gasteiger partial charge in [0.25, 0.3) is 5.91 Å². The van der Waals surface area contributed by atoms with Gasteiger partial charge in [-0.25, -0.2) is 4.79 Å². The first-order valence-corrected chi connectivity index (χ1v) is 16.3. The molecule has 2 fully saturated rings. The summed E-state index contributed by atoms with van der Waals surface area (Å²) in [4.78, 5) is 67.5. The highest BCUT2D eigenvalue weighted by molar-refractivity contribution is 6.37. The molecule has 5 N–H and O–H groups in total. The number of urea groups is 1. The van der Waals surface area contributed by atoms with Gasteiger partial charge in [0, 0.05) is 6.54 Å². The SMILES string of the molecule is CC(C)=C[C@@H]1CC(C(=O)NC(CC2CCC2)C(=O)C(N)=O)N(C(=O)[C@@H](NC(=O)N[C@@H](COC(C)(C)C)C(C)(C)C)C(C)(C)C)C1. The minimum absolute atomic E-state index is 0.0964. The van der Waals surface area contributed by atoms with E-state index in [-0.39, 0.29) is 29.8 Å². The fraction of sp³-hybridized carbons (Fsp3) is 0.794. The van der Waals surface area contributed by atoms with Crippen molar-refractivity contribution in [3.63, 3.8) is 0 Å². The van der Waals surface area contributed by atoms with E-state index in [2.05, 4.69) is 16.0 Å². The molecule has 1 aliphatic heterocycles. The number of hydrogen-bond donors (Lipinski definition) is 4. The number of nitrogens with one attached hydrogen (secondary N) is 3. The Kier molecular flexibility index (Phi) is 12.8. The minimum atomic E-state index is -1.09. The van der Waals surface area contributed by atoms with Gasteiger partial charge in [-0.15, -0.1) is 0 Å². The highest BCUT2D eigenvalue weighted by Crippen LogP contribution is 2.32. The molecule has 1 saturated heterocycles. The molecule has 2 rings (SSSR count). The summed E-state index contributed by atoms with van der Waals surface area (Å²) in [5, 5.41) is 8.68. The Bertz CT molecular complexity index is 1120. The second-order valence-electron chi connectivity index (χ2n) is 16.3. The van der Waals surface area contributed by atoms with E-state index in [0.717, 1.165) is 24.8 Å². The molecule has 0 bridgehead atoms. The van der Waals surface area contributed by atoms with Crippen LogP contribution >= 0.6 is 0 Å². The lowest BCUT2D eigenvalue weighted by atomic mass is 9.80. The number of allylic oxidation sites excluding steroid dienone is 1. The third-order valence-corrected chi connectivity index (χ3v) is 8.58. The highest BCUT2D eigenvalue weighted by Gasteiger charge is 2.45. The van der Waals surface area contributed by atoms with Crippen LogP contribution in [0.2, 0.25) is 0 Å². The maximum atomic E-state index is 14.3. The molecular formula is C34H59N5O6. The summed E-state index contributed by atoms with van der Waals surface area (Å²) >= 11 is 0. The van der Waals surface area contributed by atoms with Gasteiger partial charge in [-0.1, -0.05) is 72.5 Å². The molecule has 0 aromatic rings. The van der Waals surface area contributed by atoms with Gasteiger partial charge in [0.05, 0.1) is 24.3 Å². The highest BCUT2D eigenvalue weighted by atomic mass is 16.5. The van der Waals surface area contributed by atoms with Crippen molar-refractivity contribution in [3.05, 3.63) is 11.6 Å². The van der Waals surface area contributed by atoms with E-state index in [1.54, 1.807) is 0 Å². The van der Waals surface area contributed by atoms with Crippen LogP contribution in [0.15, 0.2) is 11.6 Å². The van der Waals surface area contributed by atoms with Gasteiger partial charge < -0.3 is 31.3 Å². The van der Waals surface area contributed by atoms with E-state index < -0.39 is 58.7 Å². The minimum Gasteiger partial charge on any atom is -0.374 e. The summed E-state index contributed by atoms with van der Waals surface area (Å²) in [5.41, 5.74) is 4.97. The average Bonchev–Trinajstić information content (AvgIpc) is 3.26. The molecule has 1 heterocycles. The van der Waals surface area contributed by atoms with Gasteiger partial charge >= 0.3 is 6.03 Å². The van der Waals surface area contributed by atoms with Crippen LogP contribution in [0.1, 0.15) is 108 Å². The predicted molar refractivity (Wildman–Crippen MR) is 175 cm³/mol. The first-order chi connectivity index (χ1) is 20.5. The fourth-order valence-corrected chi connectivity index (χ4v) is 5.67. The molecule has 256 valence electrons. The maximum Gasteiger partial charge on any atom is 0.315 e. The van der Waals surface area contributed by atoms with Crippen molar-refractivity contribution in [1.29, 1.82) is 0 Å². The number of hydrogen-bond acceptors (Lipinski definition) is 6. The number of rotatable bonds is 12. The van der Waals surface area contributed by atoms with Gasteiger partial charge in [0.1, 0.15) is 12.1 Å². The number of nitrogens with zero attached hydrogens (tertiary/aromatic N) is 1. The normalized spacial score (nSPS) is 21.2. The monoisotopic (exact) mass is 633 g/mol. The molecule has 5 atom stereocenters. The number of Topliss-reactive ketones (excluding diaryl/α,β-unsaturated/α-hetero) is 1. The van der Waals surface area contributed by atoms with E-state index in [4.69, 9.17) is 10.5 Å². The quantitative estimate of drug-likeness (QED) is 0.189. The number of primary amides is 1. The van der Waals surface area contributed by atoms with E-state index in [1.165, 1.54) is 4.90 Å². The van der Waals surface area contributed by atoms with Crippen molar-refractivity contribution in [2.45, 2.75) is 138 Å². The van der Waals surface area contributed by atoms with Crippen LogP contribution < -0.4 is 21.7 Å². The number of nitrogens with two attached hydrogens (primary N) is 1. The van der Waals surface area contributed by atoms with Crippen molar-refractivity contribution in [1.82, 2.24) is 20.9 Å². The third kappa shape index (κ3) is 11.7. The van der Waals surface area contributed by atoms with Crippen LogP contribution in [0, 0.1) is 22.7 Å². The summed E-state index contributed by atoms with van der Waals surface area (Å²) in [5.74, 6) is -2.68. The Morgan fingerprint density at radius 1 is 0.911 bits per heavy atom. The smallest absolute Gasteiger partial charge is 0.315 e. The molecule has 45 heavy (non-hydrogen) atoms. The van der Waals surface area contributed by atoms with Crippen LogP contribution in [0.4, 0.5) is 4.79 Å². The number of carbonyl (C=O) groups excluding carboxylic acids is 5. The first-order valence-electron chi connectivity index (χ1n) is 16.3. The van der Waals surface area contributed by atoms with E-state index >= 15 is 0 Å². The van der Waals surface area contributed by atoms with Crippen molar-refractivity contribution in [2.75, 3.05) is 13.2 Å². The zero-order valence-corrected chi connectivity index (χ0v) is 29.5. The third-order valence-electron chi connectivity index (χ3n) is 8.58. The molecule has 2 aliphatic rings. The van der Waals surface area contributed by atoms with E-state index in [1.807, 2.05) is 82.2 Å². The lowest BCUT2D eigenvalue weighted by Crippen LogP contribution is -2.61. The molecule has 2 unspecified atom stereocenters. The summed E-state index contributed by atoms with van der Waals surface area (Å²) in [6, 6.07) is -3.73. The van der Waals surface area contributed by atoms with Gasteiger partial charge in [-0.2, -0.15) is 0 Å². The van der Waals surface area contributed by atoms with Crippen LogP contribution in [0.5, 0.6) is 0 Å². The van der Waals surface area contributed by atoms with E-state index in [9.17, 15) is 24.0 Å². The largest absolute Gasteiger partial charge is 0.374 e. The van der Waals surface area contributed by atoms with E-state index in [0.29, 0.717) is 19.4 Å². The summed E-state index contributed by atoms with van der Waals surface area (Å²) in [7, 11) is 0. The number of ketones is 1. The van der Waals surface area contributed by atoms with Gasteiger partial charge in [-0.3, -0.25) is 19.2 Å².